The van der Waals surface area contributed by atoms with Crippen molar-refractivity contribution in [3.8, 4) is 0 Å². The van der Waals surface area contributed by atoms with Crippen LogP contribution in [0.4, 0.5) is 5.69 Å². The minimum atomic E-state index is 0.623. The number of hydrogen-bond donors (Lipinski definition) is 1. The largest absolute Gasteiger partial charge is 0.334 e. The van der Waals surface area contributed by atoms with E-state index in [1.807, 2.05) is 30.0 Å². The fourth-order valence-electron chi connectivity index (χ4n) is 1.84. The van der Waals surface area contributed by atoms with E-state index in [-0.39, 0.29) is 0 Å². The summed E-state index contributed by atoms with van der Waals surface area (Å²) >= 11 is 10.1. The SMILES string of the molecule is CC(C)CC1CN=C(Nc2ccc(Cl)cc2I)S1. The van der Waals surface area contributed by atoms with Gasteiger partial charge in [0.1, 0.15) is 0 Å². The number of thioether (sulfide) groups is 1. The van der Waals surface area contributed by atoms with Crippen LogP contribution in [0.25, 0.3) is 0 Å². The van der Waals surface area contributed by atoms with Crippen molar-refractivity contribution in [3.05, 3.63) is 26.8 Å². The molecule has 0 aromatic heterocycles. The molecule has 0 fully saturated rings. The zero-order chi connectivity index (χ0) is 13.1. The molecular weight excluding hydrogens is 379 g/mol. The summed E-state index contributed by atoms with van der Waals surface area (Å²) in [5, 5.41) is 5.80. The molecule has 2 rings (SSSR count). The molecule has 98 valence electrons. The molecule has 0 aliphatic carbocycles. The van der Waals surface area contributed by atoms with Crippen LogP contribution in [0.5, 0.6) is 0 Å². The topological polar surface area (TPSA) is 24.4 Å². The van der Waals surface area contributed by atoms with Gasteiger partial charge in [-0.05, 0) is 53.1 Å². The maximum Gasteiger partial charge on any atom is 0.161 e. The minimum absolute atomic E-state index is 0.623. The van der Waals surface area contributed by atoms with Crippen molar-refractivity contribution in [2.24, 2.45) is 10.9 Å². The van der Waals surface area contributed by atoms with Gasteiger partial charge < -0.3 is 5.32 Å². The summed E-state index contributed by atoms with van der Waals surface area (Å²) in [6.07, 6.45) is 1.22. The van der Waals surface area contributed by atoms with E-state index < -0.39 is 0 Å². The maximum atomic E-state index is 5.95. The van der Waals surface area contributed by atoms with Gasteiger partial charge >= 0.3 is 0 Å². The zero-order valence-corrected chi connectivity index (χ0v) is 14.1. The van der Waals surface area contributed by atoms with Crippen LogP contribution in [0.2, 0.25) is 5.02 Å². The summed E-state index contributed by atoms with van der Waals surface area (Å²) in [6.45, 7) is 5.44. The second-order valence-electron chi connectivity index (χ2n) is 4.76. The lowest BCUT2D eigenvalue weighted by Gasteiger charge is -2.12. The van der Waals surface area contributed by atoms with E-state index in [1.54, 1.807) is 0 Å². The highest BCUT2D eigenvalue weighted by Gasteiger charge is 2.20. The van der Waals surface area contributed by atoms with Gasteiger partial charge in [-0.25, -0.2) is 0 Å². The molecule has 2 nitrogen and oxygen atoms in total. The zero-order valence-electron chi connectivity index (χ0n) is 10.4. The van der Waals surface area contributed by atoms with E-state index in [2.05, 4.69) is 46.7 Å². The third-order valence-corrected chi connectivity index (χ3v) is 4.88. The Balaban J connectivity index is 1.95. The molecule has 1 heterocycles. The molecule has 0 spiro atoms. The first-order chi connectivity index (χ1) is 8.54. The quantitative estimate of drug-likeness (QED) is 0.739. The Hall–Kier alpha value is 0.0600. The van der Waals surface area contributed by atoms with Gasteiger partial charge in [0.25, 0.3) is 0 Å². The highest BCUT2D eigenvalue weighted by molar-refractivity contribution is 14.1. The van der Waals surface area contributed by atoms with Crippen LogP contribution in [0, 0.1) is 9.49 Å². The maximum absolute atomic E-state index is 5.95. The second-order valence-corrected chi connectivity index (χ2v) is 7.65. The lowest BCUT2D eigenvalue weighted by molar-refractivity contribution is 0.575. The smallest absolute Gasteiger partial charge is 0.161 e. The Labute approximate surface area is 131 Å². The monoisotopic (exact) mass is 394 g/mol. The third kappa shape index (κ3) is 4.03. The molecule has 1 N–H and O–H groups in total. The summed E-state index contributed by atoms with van der Waals surface area (Å²) < 4.78 is 1.12. The standard InChI is InChI=1S/C13H16ClIN2S/c1-8(2)5-10-7-16-13(18-10)17-12-4-3-9(14)6-11(12)15/h3-4,6,8,10H,5,7H2,1-2H3,(H,16,17). The van der Waals surface area contributed by atoms with Crippen LogP contribution < -0.4 is 5.32 Å². The van der Waals surface area contributed by atoms with Gasteiger partial charge in [0.05, 0.1) is 12.2 Å². The van der Waals surface area contributed by atoms with E-state index in [0.29, 0.717) is 5.25 Å². The van der Waals surface area contributed by atoms with E-state index >= 15 is 0 Å². The van der Waals surface area contributed by atoms with Crippen molar-refractivity contribution in [2.45, 2.75) is 25.5 Å². The van der Waals surface area contributed by atoms with E-state index in [4.69, 9.17) is 11.6 Å². The number of aliphatic imine (C=N–C) groups is 1. The van der Waals surface area contributed by atoms with Gasteiger partial charge in [-0.1, -0.05) is 37.2 Å². The van der Waals surface area contributed by atoms with Crippen LogP contribution in [0.1, 0.15) is 20.3 Å². The Morgan fingerprint density at radius 3 is 3.00 bits per heavy atom. The molecule has 1 aliphatic rings. The van der Waals surface area contributed by atoms with Gasteiger partial charge in [0.2, 0.25) is 0 Å². The lowest BCUT2D eigenvalue weighted by Crippen LogP contribution is -2.10. The molecule has 1 aliphatic heterocycles. The molecular formula is C13H16ClIN2S. The fraction of sp³-hybridized carbons (Fsp3) is 0.462. The number of amidine groups is 1. The highest BCUT2D eigenvalue weighted by Crippen LogP contribution is 2.29. The second kappa shape index (κ2) is 6.48. The molecule has 0 saturated heterocycles. The first kappa shape index (κ1) is 14.5. The number of rotatable bonds is 3. The normalized spacial score (nSPS) is 19.2. The molecule has 1 aromatic carbocycles. The Morgan fingerprint density at radius 2 is 2.33 bits per heavy atom. The van der Waals surface area contributed by atoms with Crippen LogP contribution in [-0.4, -0.2) is 17.0 Å². The van der Waals surface area contributed by atoms with E-state index in [1.165, 1.54) is 6.42 Å². The van der Waals surface area contributed by atoms with Crippen LogP contribution in [0.15, 0.2) is 23.2 Å². The first-order valence-corrected chi connectivity index (χ1v) is 8.31. The average Bonchev–Trinajstić information content (AvgIpc) is 2.69. The fourth-order valence-corrected chi connectivity index (χ4v) is 4.11. The summed E-state index contributed by atoms with van der Waals surface area (Å²) in [6, 6.07) is 5.86. The van der Waals surface area contributed by atoms with Crippen molar-refractivity contribution in [1.29, 1.82) is 0 Å². The molecule has 1 atom stereocenters. The van der Waals surface area contributed by atoms with Crippen LogP contribution >= 0.6 is 46.0 Å². The van der Waals surface area contributed by atoms with Gasteiger partial charge in [0.15, 0.2) is 5.17 Å². The number of nitrogens with zero attached hydrogens (tertiary/aromatic N) is 1. The number of halogens is 2. The van der Waals surface area contributed by atoms with Crippen molar-refractivity contribution in [1.82, 2.24) is 0 Å². The number of nitrogens with one attached hydrogen (secondary N) is 1. The highest BCUT2D eigenvalue weighted by atomic mass is 127. The summed E-state index contributed by atoms with van der Waals surface area (Å²) in [7, 11) is 0. The molecule has 0 saturated carbocycles. The van der Waals surface area contributed by atoms with E-state index in [0.717, 1.165) is 31.9 Å². The van der Waals surface area contributed by atoms with Crippen molar-refractivity contribution < 1.29 is 0 Å². The lowest BCUT2D eigenvalue weighted by atomic mass is 10.1. The van der Waals surface area contributed by atoms with Gasteiger partial charge in [-0.2, -0.15) is 0 Å². The van der Waals surface area contributed by atoms with Gasteiger partial charge in [-0.15, -0.1) is 0 Å². The summed E-state index contributed by atoms with van der Waals surface area (Å²) in [4.78, 5) is 4.56. The van der Waals surface area contributed by atoms with Crippen molar-refractivity contribution in [2.75, 3.05) is 11.9 Å². The van der Waals surface area contributed by atoms with Gasteiger partial charge in [-0.3, -0.25) is 4.99 Å². The Morgan fingerprint density at radius 1 is 1.56 bits per heavy atom. The first-order valence-electron chi connectivity index (χ1n) is 5.98. The number of anilines is 1. The molecule has 0 radical (unpaired) electrons. The molecule has 1 aromatic rings. The van der Waals surface area contributed by atoms with Crippen LogP contribution in [0.3, 0.4) is 0 Å². The average molecular weight is 395 g/mol. The van der Waals surface area contributed by atoms with Gasteiger partial charge in [0, 0.05) is 13.8 Å². The molecule has 0 bridgehead atoms. The predicted octanol–water partition coefficient (Wildman–Crippen LogP) is 4.87. The van der Waals surface area contributed by atoms with Crippen molar-refractivity contribution in [3.63, 3.8) is 0 Å². The van der Waals surface area contributed by atoms with Crippen LogP contribution in [-0.2, 0) is 0 Å². The van der Waals surface area contributed by atoms with E-state index in [9.17, 15) is 0 Å². The minimum Gasteiger partial charge on any atom is -0.334 e. The summed E-state index contributed by atoms with van der Waals surface area (Å²) in [5.74, 6) is 0.729. The Kier molecular flexibility index (Phi) is 5.21. The summed E-state index contributed by atoms with van der Waals surface area (Å²) in [5.41, 5.74) is 1.08. The van der Waals surface area contributed by atoms with Crippen molar-refractivity contribution >= 4 is 56.8 Å². The number of hydrogen-bond acceptors (Lipinski definition) is 3. The Bertz CT molecular complexity index is 462. The predicted molar refractivity (Wildman–Crippen MR) is 90.9 cm³/mol. The third-order valence-electron chi connectivity index (χ3n) is 2.62. The molecule has 18 heavy (non-hydrogen) atoms. The molecule has 0 amide bonds. The molecule has 5 heteroatoms. The molecule has 1 unspecified atom stereocenters. The number of benzene rings is 1.